The number of nitrogens with zero attached hydrogens (tertiary/aromatic N) is 1. The van der Waals surface area contributed by atoms with Gasteiger partial charge in [-0.05, 0) is 17.5 Å². The molecule has 0 saturated carbocycles. The molecule has 0 atom stereocenters. The molecule has 0 spiro atoms. The molecule has 0 aliphatic heterocycles. The van der Waals surface area contributed by atoms with E-state index in [1.165, 1.54) is 5.56 Å². The highest BCUT2D eigenvalue weighted by Crippen LogP contribution is 2.23. The van der Waals surface area contributed by atoms with Crippen molar-refractivity contribution in [2.45, 2.75) is 19.8 Å². The summed E-state index contributed by atoms with van der Waals surface area (Å²) in [5.74, 6) is 0.473. The standard InChI is InChI=1S/C10H12N2/c1-7(2)8-4-3-5-10-9(8)6-11-12-10/h3-7H,1-2H3,(H,11,12)/i5T. The highest BCUT2D eigenvalue weighted by molar-refractivity contribution is 5.81. The van der Waals surface area contributed by atoms with Crippen molar-refractivity contribution < 1.29 is 1.37 Å². The first kappa shape index (κ1) is 6.23. The van der Waals surface area contributed by atoms with Crippen LogP contribution >= 0.6 is 0 Å². The van der Waals surface area contributed by atoms with Gasteiger partial charge >= 0.3 is 0 Å². The number of aromatic nitrogens is 2. The van der Waals surface area contributed by atoms with Gasteiger partial charge in [0, 0.05) is 5.39 Å². The van der Waals surface area contributed by atoms with Crippen LogP contribution < -0.4 is 0 Å². The first-order chi connectivity index (χ1) is 6.20. The maximum absolute atomic E-state index is 7.65. The summed E-state index contributed by atoms with van der Waals surface area (Å²) >= 11 is 0. The van der Waals surface area contributed by atoms with Crippen LogP contribution in [-0.2, 0) is 0 Å². The van der Waals surface area contributed by atoms with E-state index in [0.29, 0.717) is 12.0 Å². The third kappa shape index (κ3) is 0.998. The lowest BCUT2D eigenvalue weighted by atomic mass is 10.00. The normalized spacial score (nSPS) is 12.4. The van der Waals surface area contributed by atoms with Gasteiger partial charge < -0.3 is 0 Å². The average Bonchev–Trinajstić information content (AvgIpc) is 2.53. The van der Waals surface area contributed by atoms with Crippen molar-refractivity contribution in [2.75, 3.05) is 0 Å². The topological polar surface area (TPSA) is 28.7 Å². The molecule has 0 amide bonds. The van der Waals surface area contributed by atoms with Gasteiger partial charge in [0.25, 0.3) is 0 Å². The van der Waals surface area contributed by atoms with E-state index in [1.54, 1.807) is 6.20 Å². The maximum atomic E-state index is 7.65. The van der Waals surface area contributed by atoms with Gasteiger partial charge in [0.05, 0.1) is 13.1 Å². The molecule has 0 unspecified atom stereocenters. The monoisotopic (exact) mass is 162 g/mol. The van der Waals surface area contributed by atoms with Crippen molar-refractivity contribution in [3.63, 3.8) is 0 Å². The predicted molar refractivity (Wildman–Crippen MR) is 50.2 cm³/mol. The Balaban J connectivity index is 2.78. The number of nitrogens with one attached hydrogen (secondary N) is 1. The molecule has 0 aliphatic carbocycles. The van der Waals surface area contributed by atoms with Crippen molar-refractivity contribution in [2.24, 2.45) is 0 Å². The minimum atomic E-state index is 0.473. The van der Waals surface area contributed by atoms with Crippen LogP contribution in [0.4, 0.5) is 0 Å². The summed E-state index contributed by atoms with van der Waals surface area (Å²) in [7, 11) is 0. The molecule has 12 heavy (non-hydrogen) atoms. The SMILES string of the molecule is [3H]c1ccc(C(C)C)c2cn[nH]c12. The molecule has 0 saturated heterocycles. The summed E-state index contributed by atoms with van der Waals surface area (Å²) < 4.78 is 7.65. The van der Waals surface area contributed by atoms with E-state index < -0.39 is 0 Å². The number of fused-ring (bicyclic) bond motifs is 1. The smallest absolute Gasteiger partial charge is 0.0653 e. The van der Waals surface area contributed by atoms with Crippen LogP contribution in [0.1, 0.15) is 26.7 Å². The summed E-state index contributed by atoms with van der Waals surface area (Å²) in [6, 6.07) is 4.33. The van der Waals surface area contributed by atoms with Gasteiger partial charge in [0.1, 0.15) is 0 Å². The largest absolute Gasteiger partial charge is 0.278 e. The number of hydrogen-bond donors (Lipinski definition) is 1. The lowest BCUT2D eigenvalue weighted by Crippen LogP contribution is -1.86. The minimum Gasteiger partial charge on any atom is -0.278 e. The van der Waals surface area contributed by atoms with Crippen molar-refractivity contribution in [1.29, 1.82) is 0 Å². The fraction of sp³-hybridized carbons (Fsp3) is 0.300. The Morgan fingerprint density at radius 1 is 1.58 bits per heavy atom. The molecule has 2 aromatic rings. The van der Waals surface area contributed by atoms with Gasteiger partial charge in [-0.3, -0.25) is 5.10 Å². The number of aromatic amines is 1. The zero-order valence-electron chi connectivity index (χ0n) is 8.26. The lowest BCUT2D eigenvalue weighted by molar-refractivity contribution is 0.876. The quantitative estimate of drug-likeness (QED) is 0.686. The Morgan fingerprint density at radius 2 is 2.42 bits per heavy atom. The second-order valence-corrected chi connectivity index (χ2v) is 3.25. The minimum absolute atomic E-state index is 0.473. The number of benzene rings is 1. The van der Waals surface area contributed by atoms with Gasteiger partial charge in [-0.1, -0.05) is 26.0 Å². The Hall–Kier alpha value is -1.31. The fourth-order valence-corrected chi connectivity index (χ4v) is 1.42. The molecule has 0 fully saturated rings. The molecular formula is C10H12N2. The van der Waals surface area contributed by atoms with E-state index in [-0.39, 0.29) is 0 Å². The summed E-state index contributed by atoms with van der Waals surface area (Å²) in [4.78, 5) is 0. The summed E-state index contributed by atoms with van der Waals surface area (Å²) in [6.45, 7) is 4.29. The van der Waals surface area contributed by atoms with E-state index >= 15 is 0 Å². The molecule has 0 aliphatic rings. The van der Waals surface area contributed by atoms with E-state index in [9.17, 15) is 0 Å². The van der Waals surface area contributed by atoms with E-state index in [2.05, 4.69) is 24.0 Å². The Kier molecular flexibility index (Phi) is 1.36. The average molecular weight is 162 g/mol. The number of hydrogen-bond acceptors (Lipinski definition) is 1. The first-order valence-electron chi connectivity index (χ1n) is 4.62. The van der Waals surface area contributed by atoms with E-state index in [1.807, 2.05) is 12.1 Å². The Morgan fingerprint density at radius 3 is 3.17 bits per heavy atom. The van der Waals surface area contributed by atoms with Crippen molar-refractivity contribution in [3.05, 3.63) is 29.9 Å². The third-order valence-corrected chi connectivity index (χ3v) is 2.06. The van der Waals surface area contributed by atoms with Gasteiger partial charge in [-0.2, -0.15) is 5.10 Å². The number of rotatable bonds is 1. The first-order valence-corrected chi connectivity index (χ1v) is 4.12. The van der Waals surface area contributed by atoms with Gasteiger partial charge in [0.2, 0.25) is 0 Å². The Bertz CT molecular complexity index is 431. The van der Waals surface area contributed by atoms with Gasteiger partial charge in [-0.15, -0.1) is 0 Å². The van der Waals surface area contributed by atoms with Crippen molar-refractivity contribution in [3.8, 4) is 0 Å². The maximum Gasteiger partial charge on any atom is 0.0653 e. The van der Waals surface area contributed by atoms with Crippen LogP contribution in [0.2, 0.25) is 0 Å². The molecule has 2 nitrogen and oxygen atoms in total. The highest BCUT2D eigenvalue weighted by Gasteiger charge is 2.04. The van der Waals surface area contributed by atoms with Crippen LogP contribution in [0.3, 0.4) is 0 Å². The molecule has 1 heterocycles. The fourth-order valence-electron chi connectivity index (χ4n) is 1.42. The molecule has 1 aromatic carbocycles. The van der Waals surface area contributed by atoms with Gasteiger partial charge in [-0.25, -0.2) is 0 Å². The predicted octanol–water partition coefficient (Wildman–Crippen LogP) is 2.69. The highest BCUT2D eigenvalue weighted by atomic mass is 15.1. The van der Waals surface area contributed by atoms with Crippen LogP contribution in [0.15, 0.2) is 24.4 Å². The van der Waals surface area contributed by atoms with Gasteiger partial charge in [0.15, 0.2) is 0 Å². The number of H-pyrrole nitrogens is 1. The molecule has 1 aromatic heterocycles. The zero-order chi connectivity index (χ0) is 9.42. The summed E-state index contributed by atoms with van der Waals surface area (Å²) in [5.41, 5.74) is 2.09. The van der Waals surface area contributed by atoms with Crippen LogP contribution in [0.5, 0.6) is 0 Å². The van der Waals surface area contributed by atoms with Crippen LogP contribution in [0, 0.1) is 0 Å². The third-order valence-electron chi connectivity index (χ3n) is 2.06. The molecule has 1 N–H and O–H groups in total. The van der Waals surface area contributed by atoms with Crippen molar-refractivity contribution >= 4 is 10.9 Å². The molecule has 2 rings (SSSR count). The summed E-state index contributed by atoms with van der Waals surface area (Å²) in [5, 5.41) is 7.88. The molecule has 0 bridgehead atoms. The molecule has 62 valence electrons. The van der Waals surface area contributed by atoms with Crippen molar-refractivity contribution in [1.82, 2.24) is 10.2 Å². The molecule has 2 heteroatoms. The second kappa shape index (κ2) is 2.63. The Labute approximate surface area is 73.0 Å². The lowest BCUT2D eigenvalue weighted by Gasteiger charge is -2.05. The zero-order valence-corrected chi connectivity index (χ0v) is 7.26. The molecular weight excluding hydrogens is 148 g/mol. The van der Waals surface area contributed by atoms with Crippen LogP contribution in [-0.4, -0.2) is 10.2 Å². The van der Waals surface area contributed by atoms with E-state index in [4.69, 9.17) is 1.37 Å². The second-order valence-electron chi connectivity index (χ2n) is 3.25. The molecule has 0 radical (unpaired) electrons. The van der Waals surface area contributed by atoms with Crippen LogP contribution in [0.25, 0.3) is 10.9 Å². The summed E-state index contributed by atoms with van der Waals surface area (Å²) in [6.07, 6.45) is 1.79. The van der Waals surface area contributed by atoms with E-state index in [0.717, 1.165) is 10.9 Å².